The first-order valence-electron chi connectivity index (χ1n) is 5.26. The second kappa shape index (κ2) is 4.81. The van der Waals surface area contributed by atoms with Gasteiger partial charge in [0.05, 0.1) is 6.10 Å². The fraction of sp³-hybridized carbons (Fsp3) is 0.143. The van der Waals surface area contributed by atoms with E-state index in [4.69, 9.17) is 4.74 Å². The van der Waals surface area contributed by atoms with E-state index in [1.165, 1.54) is 0 Å². The lowest BCUT2D eigenvalue weighted by Crippen LogP contribution is -1.90. The average molecular weight is 214 g/mol. The van der Waals surface area contributed by atoms with Gasteiger partial charge in [0, 0.05) is 0 Å². The Bertz CT molecular complexity index is 432. The lowest BCUT2D eigenvalue weighted by atomic mass is 10.1. The molecule has 16 heavy (non-hydrogen) atoms. The summed E-state index contributed by atoms with van der Waals surface area (Å²) in [6, 6.07) is 17.1. The number of benzene rings is 2. The summed E-state index contributed by atoms with van der Waals surface area (Å²) in [5.74, 6) is 1.59. The zero-order chi connectivity index (χ0) is 11.4. The smallest absolute Gasteiger partial charge is 0.127 e. The second-order valence-electron chi connectivity index (χ2n) is 3.66. The van der Waals surface area contributed by atoms with Crippen molar-refractivity contribution >= 4 is 0 Å². The van der Waals surface area contributed by atoms with Gasteiger partial charge in [-0.3, -0.25) is 0 Å². The number of aliphatic hydroxyl groups is 1. The Labute approximate surface area is 95.1 Å². The molecule has 2 aromatic carbocycles. The van der Waals surface area contributed by atoms with Crippen LogP contribution in [0.1, 0.15) is 18.6 Å². The normalized spacial score (nSPS) is 12.1. The molecule has 2 aromatic rings. The van der Waals surface area contributed by atoms with E-state index in [2.05, 4.69) is 0 Å². The highest BCUT2D eigenvalue weighted by Gasteiger charge is 2.01. The van der Waals surface area contributed by atoms with Gasteiger partial charge in [-0.25, -0.2) is 0 Å². The largest absolute Gasteiger partial charge is 0.457 e. The third-order valence-electron chi connectivity index (χ3n) is 2.34. The molecule has 0 bridgehead atoms. The van der Waals surface area contributed by atoms with Crippen LogP contribution < -0.4 is 4.74 Å². The molecule has 0 heterocycles. The Morgan fingerprint density at radius 2 is 1.44 bits per heavy atom. The number of hydrogen-bond donors (Lipinski definition) is 1. The van der Waals surface area contributed by atoms with Crippen LogP contribution in [0.25, 0.3) is 0 Å². The first-order valence-corrected chi connectivity index (χ1v) is 5.26. The van der Waals surface area contributed by atoms with Crippen molar-refractivity contribution in [3.05, 3.63) is 60.2 Å². The molecule has 0 radical (unpaired) electrons. The van der Waals surface area contributed by atoms with Gasteiger partial charge in [0.2, 0.25) is 0 Å². The van der Waals surface area contributed by atoms with Crippen molar-refractivity contribution in [3.63, 3.8) is 0 Å². The molecule has 1 atom stereocenters. The second-order valence-corrected chi connectivity index (χ2v) is 3.66. The van der Waals surface area contributed by atoms with Crippen LogP contribution in [0, 0.1) is 0 Å². The maximum Gasteiger partial charge on any atom is 0.127 e. The highest BCUT2D eigenvalue weighted by molar-refractivity contribution is 5.33. The molecule has 2 heteroatoms. The number of para-hydroxylation sites is 1. The number of rotatable bonds is 3. The van der Waals surface area contributed by atoms with Crippen LogP contribution in [-0.2, 0) is 0 Å². The molecule has 0 saturated carbocycles. The predicted molar refractivity (Wildman–Crippen MR) is 63.6 cm³/mol. The summed E-state index contributed by atoms with van der Waals surface area (Å²) in [6.07, 6.45) is -0.439. The van der Waals surface area contributed by atoms with E-state index in [1.807, 2.05) is 54.6 Å². The minimum atomic E-state index is -0.439. The first-order chi connectivity index (χ1) is 7.75. The molecule has 2 rings (SSSR count). The standard InChI is InChI=1S/C14H14O2/c1-11(15)12-7-9-14(10-8-12)16-13-5-3-2-4-6-13/h2-11,15H,1H3/t11-/m0/s1. The Balaban J connectivity index is 2.11. The van der Waals surface area contributed by atoms with Crippen LogP contribution in [0.4, 0.5) is 0 Å². The maximum absolute atomic E-state index is 9.36. The molecule has 0 aliphatic rings. The van der Waals surface area contributed by atoms with Crippen LogP contribution in [0.2, 0.25) is 0 Å². The summed E-state index contributed by atoms with van der Waals surface area (Å²) in [7, 11) is 0. The van der Waals surface area contributed by atoms with Crippen molar-refractivity contribution in [2.45, 2.75) is 13.0 Å². The van der Waals surface area contributed by atoms with Crippen molar-refractivity contribution < 1.29 is 9.84 Å². The summed E-state index contributed by atoms with van der Waals surface area (Å²) < 4.78 is 5.63. The SMILES string of the molecule is C[C@H](O)c1ccc(Oc2ccccc2)cc1. The van der Waals surface area contributed by atoms with E-state index >= 15 is 0 Å². The summed E-state index contributed by atoms with van der Waals surface area (Å²) in [4.78, 5) is 0. The molecule has 0 saturated heterocycles. The fourth-order valence-electron chi connectivity index (χ4n) is 1.44. The van der Waals surface area contributed by atoms with Crippen molar-refractivity contribution in [2.24, 2.45) is 0 Å². The Morgan fingerprint density at radius 1 is 0.875 bits per heavy atom. The van der Waals surface area contributed by atoms with E-state index < -0.39 is 6.10 Å². The van der Waals surface area contributed by atoms with Crippen molar-refractivity contribution in [1.82, 2.24) is 0 Å². The van der Waals surface area contributed by atoms with Crippen molar-refractivity contribution in [2.75, 3.05) is 0 Å². The van der Waals surface area contributed by atoms with Gasteiger partial charge in [-0.15, -0.1) is 0 Å². The Kier molecular flexibility index (Phi) is 3.22. The zero-order valence-corrected chi connectivity index (χ0v) is 9.13. The molecule has 0 unspecified atom stereocenters. The molecule has 0 amide bonds. The van der Waals surface area contributed by atoms with Crippen molar-refractivity contribution in [1.29, 1.82) is 0 Å². The van der Waals surface area contributed by atoms with E-state index in [1.54, 1.807) is 6.92 Å². The summed E-state index contributed by atoms with van der Waals surface area (Å²) in [5.41, 5.74) is 0.889. The van der Waals surface area contributed by atoms with Gasteiger partial charge in [-0.1, -0.05) is 30.3 Å². The van der Waals surface area contributed by atoms with E-state index in [0.29, 0.717) is 0 Å². The van der Waals surface area contributed by atoms with Gasteiger partial charge >= 0.3 is 0 Å². The quantitative estimate of drug-likeness (QED) is 0.846. The maximum atomic E-state index is 9.36. The molecule has 1 N–H and O–H groups in total. The summed E-state index contributed by atoms with van der Waals surface area (Å²) >= 11 is 0. The van der Waals surface area contributed by atoms with Gasteiger partial charge in [0.15, 0.2) is 0 Å². The Hall–Kier alpha value is -1.80. The highest BCUT2D eigenvalue weighted by Crippen LogP contribution is 2.22. The van der Waals surface area contributed by atoms with Crippen LogP contribution >= 0.6 is 0 Å². The molecule has 2 nitrogen and oxygen atoms in total. The van der Waals surface area contributed by atoms with E-state index in [-0.39, 0.29) is 0 Å². The monoisotopic (exact) mass is 214 g/mol. The lowest BCUT2D eigenvalue weighted by molar-refractivity contribution is 0.199. The molecular weight excluding hydrogens is 200 g/mol. The summed E-state index contributed by atoms with van der Waals surface area (Å²) in [5, 5.41) is 9.36. The minimum absolute atomic E-state index is 0.439. The highest BCUT2D eigenvalue weighted by atomic mass is 16.5. The van der Waals surface area contributed by atoms with Crippen LogP contribution in [-0.4, -0.2) is 5.11 Å². The van der Waals surface area contributed by atoms with Gasteiger partial charge in [-0.05, 0) is 36.8 Å². The molecular formula is C14H14O2. The lowest BCUT2D eigenvalue weighted by Gasteiger charge is -2.07. The molecule has 0 aromatic heterocycles. The fourth-order valence-corrected chi connectivity index (χ4v) is 1.44. The number of ether oxygens (including phenoxy) is 1. The van der Waals surface area contributed by atoms with Crippen LogP contribution in [0.5, 0.6) is 11.5 Å². The van der Waals surface area contributed by atoms with Gasteiger partial charge in [-0.2, -0.15) is 0 Å². The van der Waals surface area contributed by atoms with Gasteiger partial charge < -0.3 is 9.84 Å². The third-order valence-corrected chi connectivity index (χ3v) is 2.34. The molecule has 0 fully saturated rings. The third kappa shape index (κ3) is 2.61. The minimum Gasteiger partial charge on any atom is -0.457 e. The van der Waals surface area contributed by atoms with Crippen LogP contribution in [0.3, 0.4) is 0 Å². The first kappa shape index (κ1) is 10.7. The van der Waals surface area contributed by atoms with Gasteiger partial charge in [0.1, 0.15) is 11.5 Å². The molecule has 0 aliphatic carbocycles. The van der Waals surface area contributed by atoms with Gasteiger partial charge in [0.25, 0.3) is 0 Å². The molecule has 82 valence electrons. The summed E-state index contributed by atoms with van der Waals surface area (Å²) in [6.45, 7) is 1.74. The van der Waals surface area contributed by atoms with E-state index in [0.717, 1.165) is 17.1 Å². The Morgan fingerprint density at radius 3 is 2.00 bits per heavy atom. The predicted octanol–water partition coefficient (Wildman–Crippen LogP) is 3.53. The van der Waals surface area contributed by atoms with Crippen molar-refractivity contribution in [3.8, 4) is 11.5 Å². The molecule has 0 spiro atoms. The topological polar surface area (TPSA) is 29.5 Å². The average Bonchev–Trinajstić information content (AvgIpc) is 2.31. The number of hydrogen-bond acceptors (Lipinski definition) is 2. The number of aliphatic hydroxyl groups excluding tert-OH is 1. The molecule has 0 aliphatic heterocycles. The van der Waals surface area contributed by atoms with E-state index in [9.17, 15) is 5.11 Å². The zero-order valence-electron chi connectivity index (χ0n) is 9.13. The van der Waals surface area contributed by atoms with Crippen LogP contribution in [0.15, 0.2) is 54.6 Å².